The zero-order chi connectivity index (χ0) is 13.8. The highest BCUT2D eigenvalue weighted by atomic mass is 16.5. The van der Waals surface area contributed by atoms with Crippen LogP contribution in [0.3, 0.4) is 0 Å². The maximum Gasteiger partial charge on any atom is 0.255 e. The molecule has 1 fully saturated rings. The van der Waals surface area contributed by atoms with E-state index in [1.54, 1.807) is 18.2 Å². The zero-order valence-electron chi connectivity index (χ0n) is 10.8. The van der Waals surface area contributed by atoms with Crippen LogP contribution in [0, 0.1) is 0 Å². The van der Waals surface area contributed by atoms with Gasteiger partial charge in [0.05, 0.1) is 12.7 Å². The Kier molecular flexibility index (Phi) is 4.04. The molecule has 0 radical (unpaired) electrons. The molecule has 1 aromatic rings. The minimum Gasteiger partial charge on any atom is -0.504 e. The normalized spacial score (nSPS) is 16.2. The summed E-state index contributed by atoms with van der Waals surface area (Å²) in [6.45, 7) is 0. The van der Waals surface area contributed by atoms with Crippen molar-refractivity contribution in [2.24, 2.45) is 0 Å². The van der Waals surface area contributed by atoms with E-state index < -0.39 is 0 Å². The Morgan fingerprint density at radius 1 is 1.37 bits per heavy atom. The highest BCUT2D eigenvalue weighted by Gasteiger charge is 2.22. The molecule has 2 N–H and O–H groups in total. The molecule has 1 amide bonds. The molecule has 0 heterocycles. The summed E-state index contributed by atoms with van der Waals surface area (Å²) in [6, 6.07) is 4.78. The van der Waals surface area contributed by atoms with Gasteiger partial charge in [-0.25, -0.2) is 0 Å². The van der Waals surface area contributed by atoms with Crippen molar-refractivity contribution in [2.45, 2.75) is 31.7 Å². The number of hydrogen-bond acceptors (Lipinski definition) is 4. The number of aromatic hydroxyl groups is 1. The maximum atomic E-state index is 12.1. The van der Waals surface area contributed by atoms with Crippen molar-refractivity contribution in [1.82, 2.24) is 5.32 Å². The largest absolute Gasteiger partial charge is 0.504 e. The van der Waals surface area contributed by atoms with Gasteiger partial charge in [0.25, 0.3) is 5.91 Å². The van der Waals surface area contributed by atoms with E-state index in [0.717, 1.165) is 0 Å². The number of benzene rings is 1. The number of ether oxygens (including phenoxy) is 1. The van der Waals surface area contributed by atoms with Crippen LogP contribution in [-0.2, 0) is 4.79 Å². The third-order valence-corrected chi connectivity index (χ3v) is 3.34. The van der Waals surface area contributed by atoms with Crippen molar-refractivity contribution in [3.63, 3.8) is 0 Å². The Balaban J connectivity index is 2.06. The number of amides is 1. The molecule has 19 heavy (non-hydrogen) atoms. The average Bonchev–Trinajstić information content (AvgIpc) is 2.41. The number of nitrogens with one attached hydrogen (secondary N) is 1. The Bertz CT molecular complexity index is 488. The van der Waals surface area contributed by atoms with Gasteiger partial charge in [-0.2, -0.15) is 0 Å². The van der Waals surface area contributed by atoms with Crippen molar-refractivity contribution in [3.05, 3.63) is 23.8 Å². The second-order valence-corrected chi connectivity index (χ2v) is 4.64. The fourth-order valence-corrected chi connectivity index (χ4v) is 2.22. The van der Waals surface area contributed by atoms with E-state index in [2.05, 4.69) is 5.32 Å². The highest BCUT2D eigenvalue weighted by Crippen LogP contribution is 2.29. The number of ketones is 1. The first-order chi connectivity index (χ1) is 9.11. The second-order valence-electron chi connectivity index (χ2n) is 4.64. The van der Waals surface area contributed by atoms with Gasteiger partial charge in [-0.15, -0.1) is 0 Å². The topological polar surface area (TPSA) is 75.6 Å². The van der Waals surface area contributed by atoms with E-state index in [9.17, 15) is 14.7 Å². The predicted molar refractivity (Wildman–Crippen MR) is 69.4 cm³/mol. The van der Waals surface area contributed by atoms with E-state index in [-0.39, 0.29) is 34.8 Å². The molecule has 0 spiro atoms. The number of phenolic OH excluding ortho intramolecular Hbond substituents is 1. The number of para-hydroxylation sites is 1. The van der Waals surface area contributed by atoms with Crippen molar-refractivity contribution in [2.75, 3.05) is 7.11 Å². The third-order valence-electron chi connectivity index (χ3n) is 3.34. The van der Waals surface area contributed by atoms with E-state index in [1.807, 2.05) is 0 Å². The summed E-state index contributed by atoms with van der Waals surface area (Å²) in [6.07, 6.45) is 2.34. The van der Waals surface area contributed by atoms with Gasteiger partial charge in [0.15, 0.2) is 11.5 Å². The Labute approximate surface area is 111 Å². The fraction of sp³-hybridized carbons (Fsp3) is 0.429. The smallest absolute Gasteiger partial charge is 0.255 e. The van der Waals surface area contributed by atoms with E-state index in [1.165, 1.54) is 7.11 Å². The van der Waals surface area contributed by atoms with Crippen LogP contribution in [0.4, 0.5) is 0 Å². The molecule has 1 aliphatic carbocycles. The number of Topliss-reactive ketones (excluding diaryl/α,β-unsaturated/α-hetero) is 1. The molecule has 102 valence electrons. The summed E-state index contributed by atoms with van der Waals surface area (Å²) in [5.41, 5.74) is 0.191. The van der Waals surface area contributed by atoms with Crippen LogP contribution >= 0.6 is 0 Å². The summed E-state index contributed by atoms with van der Waals surface area (Å²) in [4.78, 5) is 23.2. The van der Waals surface area contributed by atoms with Gasteiger partial charge >= 0.3 is 0 Å². The predicted octanol–water partition coefficient (Wildman–Crippen LogP) is 1.64. The second kappa shape index (κ2) is 5.73. The average molecular weight is 263 g/mol. The lowest BCUT2D eigenvalue weighted by atomic mass is 9.94. The van der Waals surface area contributed by atoms with Gasteiger partial charge in [0.2, 0.25) is 0 Å². The molecule has 0 saturated heterocycles. The van der Waals surface area contributed by atoms with Gasteiger partial charge in [-0.1, -0.05) is 6.07 Å². The number of carbonyl (C=O) groups excluding carboxylic acids is 2. The Hall–Kier alpha value is -2.04. The highest BCUT2D eigenvalue weighted by molar-refractivity contribution is 5.97. The van der Waals surface area contributed by atoms with E-state index in [4.69, 9.17) is 4.74 Å². The Morgan fingerprint density at radius 2 is 2.05 bits per heavy atom. The van der Waals surface area contributed by atoms with Crippen molar-refractivity contribution >= 4 is 11.7 Å². The zero-order valence-corrected chi connectivity index (χ0v) is 10.8. The number of methoxy groups -OCH3 is 1. The molecule has 0 aromatic heterocycles. The first-order valence-electron chi connectivity index (χ1n) is 6.30. The van der Waals surface area contributed by atoms with E-state index >= 15 is 0 Å². The standard InChI is InChI=1S/C14H17NO4/c1-19-12-4-2-3-11(13(12)17)14(18)15-9-5-7-10(16)8-6-9/h2-4,9,17H,5-8H2,1H3,(H,15,18). The quantitative estimate of drug-likeness (QED) is 0.869. The van der Waals surface area contributed by atoms with E-state index in [0.29, 0.717) is 25.7 Å². The van der Waals surface area contributed by atoms with Crippen LogP contribution in [-0.4, -0.2) is 29.9 Å². The minimum atomic E-state index is -0.337. The fourth-order valence-electron chi connectivity index (χ4n) is 2.22. The number of rotatable bonds is 3. The van der Waals surface area contributed by atoms with Gasteiger partial charge in [-0.3, -0.25) is 9.59 Å². The molecule has 0 atom stereocenters. The number of carbonyl (C=O) groups is 2. The third kappa shape index (κ3) is 3.05. The maximum absolute atomic E-state index is 12.1. The van der Waals surface area contributed by atoms with Crippen LogP contribution in [0.25, 0.3) is 0 Å². The minimum absolute atomic E-state index is 0.00389. The van der Waals surface area contributed by atoms with Crippen molar-refractivity contribution < 1.29 is 19.4 Å². The molecular weight excluding hydrogens is 246 g/mol. The van der Waals surface area contributed by atoms with Crippen LogP contribution in [0.2, 0.25) is 0 Å². The molecule has 1 aliphatic rings. The molecule has 0 unspecified atom stereocenters. The first kappa shape index (κ1) is 13.4. The monoisotopic (exact) mass is 263 g/mol. The van der Waals surface area contributed by atoms with Gasteiger partial charge in [-0.05, 0) is 25.0 Å². The first-order valence-corrected chi connectivity index (χ1v) is 6.30. The lowest BCUT2D eigenvalue weighted by Crippen LogP contribution is -2.37. The molecule has 1 aromatic carbocycles. The molecule has 0 bridgehead atoms. The molecule has 0 aliphatic heterocycles. The molecule has 2 rings (SSSR count). The van der Waals surface area contributed by atoms with Gasteiger partial charge in [0, 0.05) is 18.9 Å². The Morgan fingerprint density at radius 3 is 2.68 bits per heavy atom. The summed E-state index contributed by atoms with van der Waals surface area (Å²) in [7, 11) is 1.43. The molecule has 1 saturated carbocycles. The van der Waals surface area contributed by atoms with Crippen LogP contribution < -0.4 is 10.1 Å². The lowest BCUT2D eigenvalue weighted by Gasteiger charge is -2.22. The van der Waals surface area contributed by atoms with Crippen molar-refractivity contribution in [3.8, 4) is 11.5 Å². The molecule has 5 nitrogen and oxygen atoms in total. The molecular formula is C14H17NO4. The summed E-state index contributed by atoms with van der Waals surface area (Å²) < 4.78 is 4.97. The molecule has 5 heteroatoms. The summed E-state index contributed by atoms with van der Waals surface area (Å²) in [5, 5.41) is 12.7. The van der Waals surface area contributed by atoms with Crippen LogP contribution in [0.1, 0.15) is 36.0 Å². The van der Waals surface area contributed by atoms with Crippen LogP contribution in [0.5, 0.6) is 11.5 Å². The van der Waals surface area contributed by atoms with Crippen molar-refractivity contribution in [1.29, 1.82) is 0 Å². The van der Waals surface area contributed by atoms with Gasteiger partial charge < -0.3 is 15.2 Å². The lowest BCUT2D eigenvalue weighted by molar-refractivity contribution is -0.120. The number of hydrogen-bond donors (Lipinski definition) is 2. The summed E-state index contributed by atoms with van der Waals surface area (Å²) >= 11 is 0. The summed E-state index contributed by atoms with van der Waals surface area (Å²) in [5.74, 6) is 0.0198. The van der Waals surface area contributed by atoms with Crippen LogP contribution in [0.15, 0.2) is 18.2 Å². The SMILES string of the molecule is COc1cccc(C(=O)NC2CCC(=O)CC2)c1O. The van der Waals surface area contributed by atoms with Gasteiger partial charge in [0.1, 0.15) is 5.78 Å². The number of phenols is 1.